The zero-order chi connectivity index (χ0) is 12.8. The van der Waals surface area contributed by atoms with Gasteiger partial charge in [0.15, 0.2) is 0 Å². The molecule has 1 aromatic carbocycles. The van der Waals surface area contributed by atoms with Crippen molar-refractivity contribution in [3.05, 3.63) is 42.1 Å². The molecular formula is C14H19N3O. The van der Waals surface area contributed by atoms with Gasteiger partial charge in [-0.1, -0.05) is 12.1 Å². The molecule has 0 amide bonds. The van der Waals surface area contributed by atoms with Gasteiger partial charge in [0.2, 0.25) is 0 Å². The van der Waals surface area contributed by atoms with Crippen molar-refractivity contribution in [3.8, 4) is 0 Å². The van der Waals surface area contributed by atoms with Crippen LogP contribution in [0.2, 0.25) is 0 Å². The lowest BCUT2D eigenvalue weighted by Crippen LogP contribution is -2.28. The number of hydrazine groups is 1. The van der Waals surface area contributed by atoms with Crippen molar-refractivity contribution in [3.63, 3.8) is 0 Å². The lowest BCUT2D eigenvalue weighted by Gasteiger charge is -2.16. The molecule has 2 aromatic rings. The van der Waals surface area contributed by atoms with Crippen molar-refractivity contribution in [2.24, 2.45) is 5.84 Å². The molecule has 0 radical (unpaired) electrons. The summed E-state index contributed by atoms with van der Waals surface area (Å²) in [5.74, 6) is 5.62. The van der Waals surface area contributed by atoms with Gasteiger partial charge in [-0.3, -0.25) is 16.3 Å². The van der Waals surface area contributed by atoms with Gasteiger partial charge in [-0.25, -0.2) is 0 Å². The SMILES string of the molecule is COCCCC(NN)c1ccc2ncccc2c1. The molecule has 3 N–H and O–H groups in total. The zero-order valence-electron chi connectivity index (χ0n) is 10.6. The molecule has 0 spiro atoms. The predicted molar refractivity (Wildman–Crippen MR) is 72.9 cm³/mol. The number of ether oxygens (including phenoxy) is 1. The van der Waals surface area contributed by atoms with E-state index in [0.29, 0.717) is 0 Å². The van der Waals surface area contributed by atoms with E-state index in [2.05, 4.69) is 28.6 Å². The number of nitrogens with two attached hydrogens (primary N) is 1. The van der Waals surface area contributed by atoms with Gasteiger partial charge in [0.05, 0.1) is 5.52 Å². The first kappa shape index (κ1) is 13.0. The number of nitrogens with one attached hydrogen (secondary N) is 1. The van der Waals surface area contributed by atoms with Crippen molar-refractivity contribution in [1.82, 2.24) is 10.4 Å². The van der Waals surface area contributed by atoms with Crippen molar-refractivity contribution < 1.29 is 4.74 Å². The van der Waals surface area contributed by atoms with Gasteiger partial charge in [-0.2, -0.15) is 0 Å². The van der Waals surface area contributed by atoms with E-state index < -0.39 is 0 Å². The van der Waals surface area contributed by atoms with E-state index in [0.717, 1.165) is 30.4 Å². The van der Waals surface area contributed by atoms with Crippen molar-refractivity contribution >= 4 is 10.9 Å². The Labute approximate surface area is 107 Å². The molecule has 0 aliphatic heterocycles. The van der Waals surface area contributed by atoms with Crippen LogP contribution >= 0.6 is 0 Å². The molecule has 4 nitrogen and oxygen atoms in total. The normalized spacial score (nSPS) is 12.8. The smallest absolute Gasteiger partial charge is 0.0702 e. The van der Waals surface area contributed by atoms with Crippen molar-refractivity contribution in [2.45, 2.75) is 18.9 Å². The maximum absolute atomic E-state index is 5.62. The quantitative estimate of drug-likeness (QED) is 0.465. The Morgan fingerprint density at radius 2 is 2.28 bits per heavy atom. The van der Waals surface area contributed by atoms with Gasteiger partial charge < -0.3 is 4.74 Å². The number of methoxy groups -OCH3 is 1. The van der Waals surface area contributed by atoms with Gasteiger partial charge >= 0.3 is 0 Å². The Balaban J connectivity index is 2.17. The van der Waals surface area contributed by atoms with E-state index in [1.807, 2.05) is 12.1 Å². The minimum atomic E-state index is 0.157. The highest BCUT2D eigenvalue weighted by Crippen LogP contribution is 2.21. The van der Waals surface area contributed by atoms with Crippen LogP contribution in [-0.2, 0) is 4.74 Å². The average molecular weight is 245 g/mol. The van der Waals surface area contributed by atoms with Crippen LogP contribution < -0.4 is 11.3 Å². The highest BCUT2D eigenvalue weighted by Gasteiger charge is 2.09. The third-order valence-electron chi connectivity index (χ3n) is 3.07. The average Bonchev–Trinajstić information content (AvgIpc) is 2.43. The second kappa shape index (κ2) is 6.44. The summed E-state index contributed by atoms with van der Waals surface area (Å²) >= 11 is 0. The largest absolute Gasteiger partial charge is 0.385 e. The summed E-state index contributed by atoms with van der Waals surface area (Å²) < 4.78 is 5.06. The number of benzene rings is 1. The van der Waals surface area contributed by atoms with E-state index in [4.69, 9.17) is 10.6 Å². The number of nitrogens with zero attached hydrogens (tertiary/aromatic N) is 1. The predicted octanol–water partition coefficient (Wildman–Crippen LogP) is 2.17. The molecule has 0 aliphatic rings. The third kappa shape index (κ3) is 3.04. The van der Waals surface area contributed by atoms with Gasteiger partial charge in [0.25, 0.3) is 0 Å². The summed E-state index contributed by atoms with van der Waals surface area (Å²) in [6.45, 7) is 0.757. The molecule has 1 unspecified atom stereocenters. The number of aromatic nitrogens is 1. The molecule has 0 aliphatic carbocycles. The summed E-state index contributed by atoms with van der Waals surface area (Å²) in [7, 11) is 1.71. The molecule has 0 saturated carbocycles. The van der Waals surface area contributed by atoms with Gasteiger partial charge in [-0.15, -0.1) is 0 Å². The van der Waals surface area contributed by atoms with Gasteiger partial charge in [0, 0.05) is 31.3 Å². The fraction of sp³-hybridized carbons (Fsp3) is 0.357. The molecule has 18 heavy (non-hydrogen) atoms. The first-order chi connectivity index (χ1) is 8.85. The second-order valence-electron chi connectivity index (χ2n) is 4.31. The fourth-order valence-corrected chi connectivity index (χ4v) is 2.09. The number of fused-ring (bicyclic) bond motifs is 1. The maximum atomic E-state index is 5.62. The van der Waals surface area contributed by atoms with E-state index in [1.165, 1.54) is 5.56 Å². The topological polar surface area (TPSA) is 60.2 Å². The molecule has 2 rings (SSSR count). The number of hydrogen-bond acceptors (Lipinski definition) is 4. The summed E-state index contributed by atoms with van der Waals surface area (Å²) in [6, 6.07) is 10.4. The van der Waals surface area contributed by atoms with E-state index >= 15 is 0 Å². The fourth-order valence-electron chi connectivity index (χ4n) is 2.09. The minimum Gasteiger partial charge on any atom is -0.385 e. The molecular weight excluding hydrogens is 226 g/mol. The Morgan fingerprint density at radius 1 is 1.39 bits per heavy atom. The lowest BCUT2D eigenvalue weighted by atomic mass is 10.0. The monoisotopic (exact) mass is 245 g/mol. The highest BCUT2D eigenvalue weighted by molar-refractivity contribution is 5.79. The molecule has 1 aromatic heterocycles. The maximum Gasteiger partial charge on any atom is 0.0702 e. The van der Waals surface area contributed by atoms with Gasteiger partial charge in [0.1, 0.15) is 0 Å². The molecule has 1 heterocycles. The minimum absolute atomic E-state index is 0.157. The van der Waals surface area contributed by atoms with Crippen LogP contribution in [0, 0.1) is 0 Å². The van der Waals surface area contributed by atoms with Crippen LogP contribution in [0.25, 0.3) is 10.9 Å². The molecule has 1 atom stereocenters. The number of hydrogen-bond donors (Lipinski definition) is 2. The van der Waals surface area contributed by atoms with Crippen molar-refractivity contribution in [2.75, 3.05) is 13.7 Å². The summed E-state index contributed by atoms with van der Waals surface area (Å²) in [5, 5.41) is 1.14. The summed E-state index contributed by atoms with van der Waals surface area (Å²) in [4.78, 5) is 4.31. The van der Waals surface area contributed by atoms with Crippen LogP contribution in [0.5, 0.6) is 0 Å². The van der Waals surface area contributed by atoms with E-state index in [1.54, 1.807) is 13.3 Å². The molecule has 0 bridgehead atoms. The van der Waals surface area contributed by atoms with Gasteiger partial charge in [-0.05, 0) is 36.6 Å². The second-order valence-corrected chi connectivity index (χ2v) is 4.31. The number of rotatable bonds is 6. The Morgan fingerprint density at radius 3 is 3.06 bits per heavy atom. The van der Waals surface area contributed by atoms with Crippen LogP contribution in [0.1, 0.15) is 24.4 Å². The Kier molecular flexibility index (Phi) is 4.64. The molecule has 0 saturated heterocycles. The molecule has 4 heteroatoms. The Hall–Kier alpha value is -1.49. The van der Waals surface area contributed by atoms with Crippen LogP contribution in [0.4, 0.5) is 0 Å². The lowest BCUT2D eigenvalue weighted by molar-refractivity contribution is 0.189. The standard InChI is InChI=1S/C14H19N3O/c1-18-9-3-5-14(17-15)12-6-7-13-11(10-12)4-2-8-16-13/h2,4,6-8,10,14,17H,3,5,9,15H2,1H3. The first-order valence-electron chi connectivity index (χ1n) is 6.15. The van der Waals surface area contributed by atoms with Crippen LogP contribution in [0.3, 0.4) is 0 Å². The molecule has 0 fully saturated rings. The summed E-state index contributed by atoms with van der Waals surface area (Å²) in [6.07, 6.45) is 3.74. The highest BCUT2D eigenvalue weighted by atomic mass is 16.5. The van der Waals surface area contributed by atoms with E-state index in [9.17, 15) is 0 Å². The molecule has 96 valence electrons. The number of pyridine rings is 1. The first-order valence-corrected chi connectivity index (χ1v) is 6.15. The van der Waals surface area contributed by atoms with Crippen LogP contribution in [-0.4, -0.2) is 18.7 Å². The summed E-state index contributed by atoms with van der Waals surface area (Å²) in [5.41, 5.74) is 5.06. The van der Waals surface area contributed by atoms with Crippen molar-refractivity contribution in [1.29, 1.82) is 0 Å². The Bertz CT molecular complexity index is 501. The van der Waals surface area contributed by atoms with Crippen LogP contribution in [0.15, 0.2) is 36.5 Å². The third-order valence-corrected chi connectivity index (χ3v) is 3.07. The van der Waals surface area contributed by atoms with E-state index in [-0.39, 0.29) is 6.04 Å². The zero-order valence-corrected chi connectivity index (χ0v) is 10.6.